The molecule has 2 nitrogen and oxygen atoms in total. The van der Waals surface area contributed by atoms with E-state index in [0.29, 0.717) is 18.6 Å². The highest BCUT2D eigenvalue weighted by molar-refractivity contribution is 9.10. The van der Waals surface area contributed by atoms with Crippen molar-refractivity contribution in [3.05, 3.63) is 62.9 Å². The molecule has 1 atom stereocenters. The van der Waals surface area contributed by atoms with Gasteiger partial charge in [0.15, 0.2) is 0 Å². The average molecular weight is 351 g/mol. The van der Waals surface area contributed by atoms with Gasteiger partial charge in [0.05, 0.1) is 12.7 Å². The van der Waals surface area contributed by atoms with Gasteiger partial charge in [-0.1, -0.05) is 28.1 Å². The average Bonchev–Trinajstić information content (AvgIpc) is 2.90. The van der Waals surface area contributed by atoms with Crippen LogP contribution in [-0.4, -0.2) is 11.7 Å². The van der Waals surface area contributed by atoms with Crippen LogP contribution in [0.25, 0.3) is 0 Å². The molecule has 0 bridgehead atoms. The summed E-state index contributed by atoms with van der Waals surface area (Å²) in [7, 11) is 0. The molecule has 3 rings (SSSR count). The summed E-state index contributed by atoms with van der Waals surface area (Å²) < 4.78 is 20.0. The van der Waals surface area contributed by atoms with E-state index in [1.54, 1.807) is 19.1 Å². The monoisotopic (exact) mass is 350 g/mol. The zero-order valence-electron chi connectivity index (χ0n) is 11.7. The van der Waals surface area contributed by atoms with Crippen LogP contribution in [0.15, 0.2) is 34.8 Å². The molecule has 0 saturated heterocycles. The summed E-state index contributed by atoms with van der Waals surface area (Å²) in [5.41, 5.74) is 3.41. The van der Waals surface area contributed by atoms with Gasteiger partial charge in [-0.25, -0.2) is 4.39 Å². The van der Waals surface area contributed by atoms with E-state index in [9.17, 15) is 9.50 Å². The first kappa shape index (κ1) is 14.5. The zero-order chi connectivity index (χ0) is 15.0. The topological polar surface area (TPSA) is 29.5 Å². The second-order valence-corrected chi connectivity index (χ2v) is 6.30. The van der Waals surface area contributed by atoms with Gasteiger partial charge in [-0.05, 0) is 47.4 Å². The minimum absolute atomic E-state index is 0.252. The highest BCUT2D eigenvalue weighted by Crippen LogP contribution is 2.35. The fourth-order valence-electron chi connectivity index (χ4n) is 2.70. The summed E-state index contributed by atoms with van der Waals surface area (Å²) in [6.45, 7) is 2.38. The number of ether oxygens (including phenoxy) is 1. The molecule has 4 heteroatoms. The molecule has 0 fully saturated rings. The van der Waals surface area contributed by atoms with Crippen LogP contribution in [0.4, 0.5) is 4.39 Å². The number of hydrogen-bond acceptors (Lipinski definition) is 2. The molecule has 1 N–H and O–H groups in total. The molecular weight excluding hydrogens is 335 g/mol. The van der Waals surface area contributed by atoms with E-state index >= 15 is 0 Å². The zero-order valence-corrected chi connectivity index (χ0v) is 13.3. The molecule has 0 aromatic heterocycles. The number of rotatable bonds is 3. The normalized spacial score (nSPS) is 14.7. The molecule has 0 radical (unpaired) electrons. The lowest BCUT2D eigenvalue weighted by Crippen LogP contribution is -2.04. The number of benzene rings is 2. The van der Waals surface area contributed by atoms with E-state index in [0.717, 1.165) is 27.8 Å². The Hall–Kier alpha value is -1.39. The molecule has 110 valence electrons. The molecule has 0 amide bonds. The number of hydrogen-bond donors (Lipinski definition) is 1. The Morgan fingerprint density at radius 2 is 2.14 bits per heavy atom. The summed E-state index contributed by atoms with van der Waals surface area (Å²) in [6, 6.07) is 8.75. The third-order valence-electron chi connectivity index (χ3n) is 3.81. The van der Waals surface area contributed by atoms with Crippen molar-refractivity contribution in [2.75, 3.05) is 6.61 Å². The highest BCUT2D eigenvalue weighted by atomic mass is 79.9. The van der Waals surface area contributed by atoms with E-state index in [4.69, 9.17) is 4.74 Å². The van der Waals surface area contributed by atoms with Crippen LogP contribution in [0, 0.1) is 12.7 Å². The lowest BCUT2D eigenvalue weighted by Gasteiger charge is -2.15. The van der Waals surface area contributed by atoms with Crippen molar-refractivity contribution in [2.45, 2.75) is 25.9 Å². The second kappa shape index (κ2) is 5.78. The minimum atomic E-state index is -0.674. The Morgan fingerprint density at radius 3 is 2.90 bits per heavy atom. The van der Waals surface area contributed by atoms with E-state index in [2.05, 4.69) is 22.0 Å². The molecule has 2 aromatic carbocycles. The molecule has 1 aliphatic rings. The van der Waals surface area contributed by atoms with Crippen LogP contribution in [0.1, 0.15) is 28.4 Å². The van der Waals surface area contributed by atoms with Gasteiger partial charge < -0.3 is 9.84 Å². The largest absolute Gasteiger partial charge is 0.493 e. The van der Waals surface area contributed by atoms with Gasteiger partial charge in [-0.3, -0.25) is 0 Å². The summed E-state index contributed by atoms with van der Waals surface area (Å²) >= 11 is 3.50. The standard InChI is InChI=1S/C17H16BrFO2/c1-10-6-11(2-3-15(10)19)16(20)9-13-8-14(18)7-12-4-5-21-17(12)13/h2-3,6-8,16,20H,4-5,9H2,1H3. The number of fused-ring (bicyclic) bond motifs is 1. The third-order valence-corrected chi connectivity index (χ3v) is 4.26. The van der Waals surface area contributed by atoms with Crippen LogP contribution in [-0.2, 0) is 12.8 Å². The maximum Gasteiger partial charge on any atom is 0.126 e. The van der Waals surface area contributed by atoms with Crippen molar-refractivity contribution >= 4 is 15.9 Å². The molecule has 21 heavy (non-hydrogen) atoms. The van der Waals surface area contributed by atoms with Crippen LogP contribution in [0.5, 0.6) is 5.75 Å². The Bertz CT molecular complexity index is 685. The highest BCUT2D eigenvalue weighted by Gasteiger charge is 2.20. The summed E-state index contributed by atoms with van der Waals surface area (Å²) in [6.07, 6.45) is 0.673. The van der Waals surface area contributed by atoms with Gasteiger partial charge in [0, 0.05) is 17.3 Å². The fraction of sp³-hybridized carbons (Fsp3) is 0.294. The fourth-order valence-corrected chi connectivity index (χ4v) is 3.25. The Morgan fingerprint density at radius 1 is 1.33 bits per heavy atom. The lowest BCUT2D eigenvalue weighted by atomic mass is 9.98. The van der Waals surface area contributed by atoms with Crippen LogP contribution < -0.4 is 4.74 Å². The Balaban J connectivity index is 1.88. The first-order chi connectivity index (χ1) is 10.0. The maximum atomic E-state index is 13.3. The SMILES string of the molecule is Cc1cc(C(O)Cc2cc(Br)cc3c2OCC3)ccc1F. The Labute approximate surface area is 131 Å². The third kappa shape index (κ3) is 2.97. The van der Waals surface area contributed by atoms with E-state index in [1.807, 2.05) is 6.07 Å². The predicted octanol–water partition coefficient (Wildman–Crippen LogP) is 4.11. The van der Waals surface area contributed by atoms with Crippen molar-refractivity contribution in [1.29, 1.82) is 0 Å². The molecule has 2 aromatic rings. The molecule has 0 saturated carbocycles. The van der Waals surface area contributed by atoms with Crippen molar-refractivity contribution in [3.63, 3.8) is 0 Å². The quantitative estimate of drug-likeness (QED) is 0.902. The minimum Gasteiger partial charge on any atom is -0.493 e. The molecule has 1 aliphatic heterocycles. The van der Waals surface area contributed by atoms with Crippen molar-refractivity contribution in [2.24, 2.45) is 0 Å². The predicted molar refractivity (Wildman–Crippen MR) is 83.1 cm³/mol. The summed E-state index contributed by atoms with van der Waals surface area (Å²) in [5.74, 6) is 0.633. The van der Waals surface area contributed by atoms with Crippen LogP contribution >= 0.6 is 15.9 Å². The lowest BCUT2D eigenvalue weighted by molar-refractivity contribution is 0.177. The second-order valence-electron chi connectivity index (χ2n) is 5.38. The van der Waals surface area contributed by atoms with Gasteiger partial charge in [0.1, 0.15) is 11.6 Å². The van der Waals surface area contributed by atoms with Gasteiger partial charge >= 0.3 is 0 Å². The smallest absolute Gasteiger partial charge is 0.126 e. The van der Waals surface area contributed by atoms with E-state index < -0.39 is 6.10 Å². The van der Waals surface area contributed by atoms with Crippen LogP contribution in [0.3, 0.4) is 0 Å². The molecular formula is C17H16BrFO2. The first-order valence-electron chi connectivity index (χ1n) is 6.93. The van der Waals surface area contributed by atoms with Gasteiger partial charge in [0.25, 0.3) is 0 Å². The number of aliphatic hydroxyl groups is 1. The van der Waals surface area contributed by atoms with Crippen molar-refractivity contribution < 1.29 is 14.2 Å². The summed E-state index contributed by atoms with van der Waals surface area (Å²) in [4.78, 5) is 0. The summed E-state index contributed by atoms with van der Waals surface area (Å²) in [5, 5.41) is 10.4. The molecule has 1 heterocycles. The molecule has 0 aliphatic carbocycles. The van der Waals surface area contributed by atoms with Gasteiger partial charge in [-0.2, -0.15) is 0 Å². The number of aliphatic hydroxyl groups excluding tert-OH is 1. The van der Waals surface area contributed by atoms with Crippen molar-refractivity contribution in [1.82, 2.24) is 0 Å². The van der Waals surface area contributed by atoms with Crippen molar-refractivity contribution in [3.8, 4) is 5.75 Å². The number of halogens is 2. The Kier molecular flexibility index (Phi) is 4.00. The van der Waals surface area contributed by atoms with Gasteiger partial charge in [-0.15, -0.1) is 0 Å². The molecule has 0 spiro atoms. The van der Waals surface area contributed by atoms with E-state index in [-0.39, 0.29) is 5.82 Å². The number of aryl methyl sites for hydroxylation is 1. The van der Waals surface area contributed by atoms with Gasteiger partial charge in [0.2, 0.25) is 0 Å². The maximum absolute atomic E-state index is 13.3. The first-order valence-corrected chi connectivity index (χ1v) is 7.72. The molecule has 1 unspecified atom stereocenters. The van der Waals surface area contributed by atoms with Crippen LogP contribution in [0.2, 0.25) is 0 Å². The van der Waals surface area contributed by atoms with E-state index in [1.165, 1.54) is 11.6 Å².